The number of nitrogens with one attached hydrogen (secondary N) is 1. The van der Waals surface area contributed by atoms with E-state index in [2.05, 4.69) is 40.9 Å². The van der Waals surface area contributed by atoms with Crippen LogP contribution >= 0.6 is 0 Å². The van der Waals surface area contributed by atoms with Gasteiger partial charge >= 0.3 is 0 Å². The first kappa shape index (κ1) is 11.4. The van der Waals surface area contributed by atoms with Gasteiger partial charge in [-0.2, -0.15) is 4.98 Å². The molecule has 5 heteroatoms. The van der Waals surface area contributed by atoms with Gasteiger partial charge in [-0.3, -0.25) is 5.10 Å². The topological polar surface area (TPSA) is 70.8 Å². The van der Waals surface area contributed by atoms with E-state index in [0.29, 0.717) is 0 Å². The summed E-state index contributed by atoms with van der Waals surface area (Å²) in [5.74, 6) is 1.72. The van der Waals surface area contributed by atoms with Crippen LogP contribution in [-0.2, 0) is 5.41 Å². The summed E-state index contributed by atoms with van der Waals surface area (Å²) in [5.41, 5.74) is 5.96. The molecule has 0 saturated carbocycles. The highest BCUT2D eigenvalue weighted by molar-refractivity contribution is 5.30. The van der Waals surface area contributed by atoms with Crippen LogP contribution in [-0.4, -0.2) is 34.3 Å². The number of nitrogens with zero attached hydrogens (tertiary/aromatic N) is 3. The highest BCUT2D eigenvalue weighted by atomic mass is 15.4. The fourth-order valence-corrected chi connectivity index (χ4v) is 1.92. The average molecular weight is 223 g/mol. The molecule has 0 aromatic carbocycles. The van der Waals surface area contributed by atoms with Crippen LogP contribution in [0.2, 0.25) is 0 Å². The van der Waals surface area contributed by atoms with Gasteiger partial charge < -0.3 is 10.6 Å². The minimum Gasteiger partial charge on any atom is -0.338 e. The van der Waals surface area contributed by atoms with E-state index in [-0.39, 0.29) is 11.5 Å². The number of piperidine rings is 1. The van der Waals surface area contributed by atoms with E-state index in [9.17, 15) is 0 Å². The molecule has 3 N–H and O–H groups in total. The lowest BCUT2D eigenvalue weighted by molar-refractivity contribution is 0.499. The summed E-state index contributed by atoms with van der Waals surface area (Å²) in [7, 11) is 0. The Morgan fingerprint density at radius 2 is 2.19 bits per heavy atom. The molecule has 90 valence electrons. The molecule has 2 heterocycles. The van der Waals surface area contributed by atoms with Crippen LogP contribution in [0.25, 0.3) is 0 Å². The third kappa shape index (κ3) is 2.35. The molecule has 0 bridgehead atoms. The van der Waals surface area contributed by atoms with Gasteiger partial charge in [0.25, 0.3) is 0 Å². The van der Waals surface area contributed by atoms with Crippen molar-refractivity contribution >= 4 is 5.95 Å². The highest BCUT2D eigenvalue weighted by Gasteiger charge is 2.23. The fourth-order valence-electron chi connectivity index (χ4n) is 1.92. The lowest BCUT2D eigenvalue weighted by Gasteiger charge is -2.29. The maximum Gasteiger partial charge on any atom is 0.244 e. The molecular weight excluding hydrogens is 202 g/mol. The zero-order valence-electron chi connectivity index (χ0n) is 10.3. The lowest BCUT2D eigenvalue weighted by atomic mass is 9.96. The number of rotatable bonds is 1. The normalized spacial score (nSPS) is 22.5. The van der Waals surface area contributed by atoms with Gasteiger partial charge in [0.15, 0.2) is 0 Å². The maximum absolute atomic E-state index is 5.95. The van der Waals surface area contributed by atoms with Crippen molar-refractivity contribution in [2.24, 2.45) is 5.73 Å². The van der Waals surface area contributed by atoms with Crippen LogP contribution < -0.4 is 10.6 Å². The Morgan fingerprint density at radius 1 is 1.44 bits per heavy atom. The standard InChI is InChI=1S/C11H21N5/c1-11(2,3)9-13-10(15-14-9)16-6-4-5-8(12)7-16/h8H,4-7,12H2,1-3H3,(H,13,14,15). The molecule has 1 aliphatic rings. The van der Waals surface area contributed by atoms with Crippen molar-refractivity contribution in [2.75, 3.05) is 18.0 Å². The Kier molecular flexibility index (Phi) is 2.88. The molecule has 1 aromatic rings. The molecule has 16 heavy (non-hydrogen) atoms. The van der Waals surface area contributed by atoms with Gasteiger partial charge in [-0.1, -0.05) is 20.8 Å². The summed E-state index contributed by atoms with van der Waals surface area (Å²) < 4.78 is 0. The van der Waals surface area contributed by atoms with Gasteiger partial charge in [0, 0.05) is 24.5 Å². The highest BCUT2D eigenvalue weighted by Crippen LogP contribution is 2.21. The Bertz CT molecular complexity index is 352. The Labute approximate surface area is 96.4 Å². The molecule has 0 radical (unpaired) electrons. The zero-order valence-corrected chi connectivity index (χ0v) is 10.3. The molecule has 1 fully saturated rings. The minimum absolute atomic E-state index is 0.0170. The second-order valence-electron chi connectivity index (χ2n) is 5.58. The van der Waals surface area contributed by atoms with Gasteiger partial charge in [0.1, 0.15) is 5.82 Å². The van der Waals surface area contributed by atoms with E-state index in [4.69, 9.17) is 5.73 Å². The predicted octanol–water partition coefficient (Wildman–Crippen LogP) is 1.03. The number of hydrogen-bond donors (Lipinski definition) is 2. The first-order valence-electron chi connectivity index (χ1n) is 5.90. The van der Waals surface area contributed by atoms with Crippen LogP contribution in [0, 0.1) is 0 Å². The van der Waals surface area contributed by atoms with Crippen molar-refractivity contribution in [2.45, 2.75) is 45.1 Å². The number of nitrogens with two attached hydrogens (primary N) is 1. The summed E-state index contributed by atoms with van der Waals surface area (Å²) in [6.45, 7) is 8.24. The summed E-state index contributed by atoms with van der Waals surface area (Å²) in [5, 5.41) is 7.29. The summed E-state index contributed by atoms with van der Waals surface area (Å²) in [6, 6.07) is 0.255. The SMILES string of the molecule is CC(C)(C)c1nc(N2CCCC(N)C2)n[nH]1. The molecular formula is C11H21N5. The number of aromatic amines is 1. The molecule has 0 aliphatic carbocycles. The molecule has 5 nitrogen and oxygen atoms in total. The molecule has 0 amide bonds. The van der Waals surface area contributed by atoms with E-state index in [0.717, 1.165) is 37.7 Å². The van der Waals surface area contributed by atoms with E-state index in [1.807, 2.05) is 0 Å². The third-order valence-corrected chi connectivity index (χ3v) is 2.92. The molecule has 0 spiro atoms. The van der Waals surface area contributed by atoms with E-state index < -0.39 is 0 Å². The summed E-state index contributed by atoms with van der Waals surface area (Å²) in [6.07, 6.45) is 2.23. The van der Waals surface area contributed by atoms with Crippen molar-refractivity contribution in [3.05, 3.63) is 5.82 Å². The largest absolute Gasteiger partial charge is 0.338 e. The third-order valence-electron chi connectivity index (χ3n) is 2.92. The van der Waals surface area contributed by atoms with E-state index in [1.54, 1.807) is 0 Å². The van der Waals surface area contributed by atoms with Crippen molar-refractivity contribution in [3.63, 3.8) is 0 Å². The fraction of sp³-hybridized carbons (Fsp3) is 0.818. The van der Waals surface area contributed by atoms with Gasteiger partial charge in [-0.05, 0) is 12.8 Å². The smallest absolute Gasteiger partial charge is 0.244 e. The molecule has 1 aromatic heterocycles. The Hall–Kier alpha value is -1.10. The van der Waals surface area contributed by atoms with Crippen LogP contribution in [0.1, 0.15) is 39.4 Å². The van der Waals surface area contributed by atoms with Gasteiger partial charge in [0.2, 0.25) is 5.95 Å². The molecule has 2 rings (SSSR count). The van der Waals surface area contributed by atoms with Crippen molar-refractivity contribution in [3.8, 4) is 0 Å². The second kappa shape index (κ2) is 4.05. The Balaban J connectivity index is 2.12. The number of aromatic nitrogens is 3. The number of anilines is 1. The number of H-pyrrole nitrogens is 1. The first-order chi connectivity index (χ1) is 7.47. The van der Waals surface area contributed by atoms with E-state index in [1.165, 1.54) is 0 Å². The van der Waals surface area contributed by atoms with Gasteiger partial charge in [0.05, 0.1) is 0 Å². The Morgan fingerprint density at radius 3 is 2.75 bits per heavy atom. The lowest BCUT2D eigenvalue weighted by Crippen LogP contribution is -2.43. The van der Waals surface area contributed by atoms with Crippen LogP contribution in [0.3, 0.4) is 0 Å². The zero-order chi connectivity index (χ0) is 11.8. The molecule has 1 aliphatic heterocycles. The summed E-state index contributed by atoms with van der Waals surface area (Å²) in [4.78, 5) is 6.71. The van der Waals surface area contributed by atoms with Crippen LogP contribution in [0.5, 0.6) is 0 Å². The van der Waals surface area contributed by atoms with Crippen molar-refractivity contribution < 1.29 is 0 Å². The van der Waals surface area contributed by atoms with Crippen molar-refractivity contribution in [1.82, 2.24) is 15.2 Å². The first-order valence-corrected chi connectivity index (χ1v) is 5.90. The maximum atomic E-state index is 5.95. The predicted molar refractivity (Wildman–Crippen MR) is 64.5 cm³/mol. The van der Waals surface area contributed by atoms with Crippen molar-refractivity contribution in [1.29, 1.82) is 0 Å². The average Bonchev–Trinajstić information content (AvgIpc) is 2.65. The quantitative estimate of drug-likeness (QED) is 0.746. The van der Waals surface area contributed by atoms with E-state index >= 15 is 0 Å². The van der Waals surface area contributed by atoms with Crippen LogP contribution in [0.4, 0.5) is 5.95 Å². The number of hydrogen-bond acceptors (Lipinski definition) is 4. The summed E-state index contributed by atoms with van der Waals surface area (Å²) >= 11 is 0. The van der Waals surface area contributed by atoms with Crippen LogP contribution in [0.15, 0.2) is 0 Å². The molecule has 1 saturated heterocycles. The molecule has 1 atom stereocenters. The van der Waals surface area contributed by atoms with Gasteiger partial charge in [-0.25, -0.2) is 0 Å². The second-order valence-corrected chi connectivity index (χ2v) is 5.58. The minimum atomic E-state index is 0.0170. The monoisotopic (exact) mass is 223 g/mol. The van der Waals surface area contributed by atoms with Gasteiger partial charge in [-0.15, -0.1) is 5.10 Å². The molecule has 1 unspecified atom stereocenters.